The number of aryl methyl sites for hydroxylation is 1. The number of rotatable bonds is 12. The molecule has 6 rings (SSSR count). The van der Waals surface area contributed by atoms with Crippen molar-refractivity contribution < 1.29 is 18.8 Å². The molecule has 11 nitrogen and oxygen atoms in total. The van der Waals surface area contributed by atoms with Gasteiger partial charge in [-0.05, 0) is 92.0 Å². The Balaban J connectivity index is 1.25. The number of hydrogen-bond donors (Lipinski definition) is 2. The van der Waals surface area contributed by atoms with E-state index < -0.39 is 14.0 Å². The highest BCUT2D eigenvalue weighted by molar-refractivity contribution is 6.76. The normalized spacial score (nSPS) is 14.3. The van der Waals surface area contributed by atoms with Crippen LogP contribution >= 0.6 is 0 Å². The van der Waals surface area contributed by atoms with Crippen molar-refractivity contribution in [2.45, 2.75) is 91.0 Å². The van der Waals surface area contributed by atoms with Gasteiger partial charge in [-0.15, -0.1) is 0 Å². The van der Waals surface area contributed by atoms with Gasteiger partial charge in [-0.25, -0.2) is 9.97 Å². The molecule has 0 spiro atoms. The van der Waals surface area contributed by atoms with Gasteiger partial charge in [0.2, 0.25) is 0 Å². The molecule has 0 aliphatic carbocycles. The third-order valence-electron chi connectivity index (χ3n) is 8.99. The van der Waals surface area contributed by atoms with Crippen molar-refractivity contribution in [2.24, 2.45) is 0 Å². The smallest absolute Gasteiger partial charge is 0.315 e. The number of ether oxygens (including phenoxy) is 2. The summed E-state index contributed by atoms with van der Waals surface area (Å²) < 4.78 is 19.9. The topological polar surface area (TPSA) is 129 Å². The highest BCUT2D eigenvalue weighted by Gasteiger charge is 2.24. The van der Waals surface area contributed by atoms with E-state index in [-0.39, 0.29) is 17.4 Å². The Morgan fingerprint density at radius 3 is 2.46 bits per heavy atom. The second-order valence-corrected chi connectivity index (χ2v) is 21.0. The molecule has 0 radical (unpaired) electrons. The minimum Gasteiger partial charge on any atom is -0.490 e. The Morgan fingerprint density at radius 2 is 1.78 bits per heavy atom. The van der Waals surface area contributed by atoms with E-state index in [1.165, 1.54) is 0 Å². The number of fused-ring (bicyclic) bond motifs is 1. The Hall–Kier alpha value is -4.39. The van der Waals surface area contributed by atoms with Crippen LogP contribution in [-0.2, 0) is 23.4 Å². The van der Waals surface area contributed by atoms with Gasteiger partial charge in [0.15, 0.2) is 5.82 Å². The van der Waals surface area contributed by atoms with Crippen LogP contribution < -0.4 is 15.4 Å². The standard InChI is InChI=1S/C38H49N7O4Si/c1-25-20-27(8-9-28(25)22-40-35(46)36-43-37(44-49-36)38(2,3)4)33-31-21-32(26-10-12-29(13-11-26)48-30-14-16-39-17-15-30)45(34(31)42-23-41-33)24-47-18-19-50(5,6)7/h8-13,20-21,23,30,39H,14-19,22,24H2,1-7H3,(H,40,46). The molecule has 264 valence electrons. The molecule has 50 heavy (non-hydrogen) atoms. The first-order valence-electron chi connectivity index (χ1n) is 17.5. The van der Waals surface area contributed by atoms with Gasteiger partial charge in [0.05, 0.1) is 11.4 Å². The average molecular weight is 696 g/mol. The first-order chi connectivity index (χ1) is 23.9. The molecule has 12 heteroatoms. The van der Waals surface area contributed by atoms with Crippen LogP contribution in [0.25, 0.3) is 33.5 Å². The van der Waals surface area contributed by atoms with Crippen LogP contribution in [0.3, 0.4) is 0 Å². The van der Waals surface area contributed by atoms with E-state index in [1.807, 2.05) is 39.8 Å². The van der Waals surface area contributed by atoms with Crippen molar-refractivity contribution in [3.63, 3.8) is 0 Å². The zero-order chi connectivity index (χ0) is 35.5. The highest BCUT2D eigenvalue weighted by Crippen LogP contribution is 2.34. The van der Waals surface area contributed by atoms with E-state index in [9.17, 15) is 4.79 Å². The Bertz CT molecular complexity index is 1930. The van der Waals surface area contributed by atoms with Gasteiger partial charge >= 0.3 is 11.8 Å². The molecule has 0 atom stereocenters. The molecule has 2 N–H and O–H groups in total. The summed E-state index contributed by atoms with van der Waals surface area (Å²) in [5.74, 6) is 0.934. The van der Waals surface area contributed by atoms with Crippen LogP contribution in [0.1, 0.15) is 61.2 Å². The Morgan fingerprint density at radius 1 is 1.04 bits per heavy atom. The van der Waals surface area contributed by atoms with E-state index in [1.54, 1.807) is 6.33 Å². The molecule has 3 aromatic heterocycles. The lowest BCUT2D eigenvalue weighted by atomic mass is 9.96. The number of nitrogens with one attached hydrogen (secondary N) is 2. The summed E-state index contributed by atoms with van der Waals surface area (Å²) in [6, 6.07) is 17.7. The number of nitrogens with zero attached hydrogens (tertiary/aromatic N) is 5. The number of carbonyl (C=O) groups is 1. The van der Waals surface area contributed by atoms with Gasteiger partial charge in [-0.3, -0.25) is 4.79 Å². The fourth-order valence-electron chi connectivity index (χ4n) is 5.92. The first-order valence-corrected chi connectivity index (χ1v) is 21.2. The molecular weight excluding hydrogens is 647 g/mol. The Kier molecular flexibility index (Phi) is 10.5. The third kappa shape index (κ3) is 8.48. The minimum atomic E-state index is -1.25. The second kappa shape index (κ2) is 14.8. The quantitative estimate of drug-likeness (QED) is 0.103. The van der Waals surface area contributed by atoms with Gasteiger partial charge in [0.1, 0.15) is 30.6 Å². The van der Waals surface area contributed by atoms with E-state index in [0.29, 0.717) is 25.7 Å². The lowest BCUT2D eigenvalue weighted by Gasteiger charge is -2.23. The highest BCUT2D eigenvalue weighted by atomic mass is 28.3. The number of carbonyl (C=O) groups excluding carboxylic acids is 1. The number of amides is 1. The maximum Gasteiger partial charge on any atom is 0.315 e. The van der Waals surface area contributed by atoms with E-state index in [2.05, 4.69) is 81.4 Å². The molecule has 1 aliphatic rings. The predicted molar refractivity (Wildman–Crippen MR) is 198 cm³/mol. The van der Waals surface area contributed by atoms with Gasteiger partial charge in [0.25, 0.3) is 0 Å². The van der Waals surface area contributed by atoms with Crippen LogP contribution in [0.15, 0.2) is 59.4 Å². The molecule has 0 saturated carbocycles. The largest absolute Gasteiger partial charge is 0.490 e. The number of piperidine rings is 1. The van der Waals surface area contributed by atoms with Crippen LogP contribution in [0.5, 0.6) is 5.75 Å². The van der Waals surface area contributed by atoms with Crippen LogP contribution in [-0.4, -0.2) is 64.5 Å². The van der Waals surface area contributed by atoms with Crippen LogP contribution in [0.2, 0.25) is 25.7 Å². The summed E-state index contributed by atoms with van der Waals surface area (Å²) in [7, 11) is -1.25. The molecule has 2 aromatic carbocycles. The van der Waals surface area contributed by atoms with Crippen molar-refractivity contribution in [3.8, 4) is 28.3 Å². The lowest BCUT2D eigenvalue weighted by molar-refractivity contribution is 0.0905. The predicted octanol–water partition coefficient (Wildman–Crippen LogP) is 7.13. The fraction of sp³-hybridized carbons (Fsp3) is 0.447. The molecule has 1 amide bonds. The number of hydrogen-bond acceptors (Lipinski definition) is 9. The van der Waals surface area contributed by atoms with Gasteiger partial charge in [-0.1, -0.05) is 57.7 Å². The average Bonchev–Trinajstić information content (AvgIpc) is 3.73. The molecule has 5 aromatic rings. The fourth-order valence-corrected chi connectivity index (χ4v) is 6.68. The zero-order valence-corrected chi connectivity index (χ0v) is 31.3. The second-order valence-electron chi connectivity index (χ2n) is 15.4. The maximum absolute atomic E-state index is 12.8. The molecule has 1 aliphatic heterocycles. The molecule has 1 saturated heterocycles. The summed E-state index contributed by atoms with van der Waals surface area (Å²) in [5.41, 5.74) is 6.37. The lowest BCUT2D eigenvalue weighted by Crippen LogP contribution is -2.34. The van der Waals surface area contributed by atoms with Crippen molar-refractivity contribution in [1.82, 2.24) is 35.3 Å². The molecule has 0 unspecified atom stereocenters. The minimum absolute atomic E-state index is 0.0405. The summed E-state index contributed by atoms with van der Waals surface area (Å²) >= 11 is 0. The third-order valence-corrected chi connectivity index (χ3v) is 10.7. The van der Waals surface area contributed by atoms with E-state index >= 15 is 0 Å². The molecule has 4 heterocycles. The monoisotopic (exact) mass is 695 g/mol. The first kappa shape index (κ1) is 35.4. The Labute approximate surface area is 295 Å². The SMILES string of the molecule is Cc1cc(-c2ncnc3c2cc(-c2ccc(OC4CCNCC4)cc2)n3COCC[Si](C)(C)C)ccc1CNC(=O)c1nc(C(C)(C)C)no1. The summed E-state index contributed by atoms with van der Waals surface area (Å²) in [6.45, 7) is 18.4. The molecular formula is C38H49N7O4Si. The van der Waals surface area contributed by atoms with E-state index in [0.717, 1.165) is 82.4 Å². The number of benzene rings is 2. The van der Waals surface area contributed by atoms with Crippen LogP contribution in [0.4, 0.5) is 0 Å². The summed E-state index contributed by atoms with van der Waals surface area (Å²) in [5, 5.41) is 11.2. The summed E-state index contributed by atoms with van der Waals surface area (Å²) in [4.78, 5) is 26.5. The van der Waals surface area contributed by atoms with Gasteiger partial charge < -0.3 is 29.2 Å². The zero-order valence-electron chi connectivity index (χ0n) is 30.3. The maximum atomic E-state index is 12.8. The molecule has 0 bridgehead atoms. The van der Waals surface area contributed by atoms with Crippen molar-refractivity contribution >= 4 is 25.0 Å². The van der Waals surface area contributed by atoms with Gasteiger partial charge in [0, 0.05) is 37.6 Å². The molecule has 1 fully saturated rings. The van der Waals surface area contributed by atoms with Crippen molar-refractivity contribution in [2.75, 3.05) is 19.7 Å². The van der Waals surface area contributed by atoms with Crippen molar-refractivity contribution in [1.29, 1.82) is 0 Å². The van der Waals surface area contributed by atoms with Gasteiger partial charge in [-0.2, -0.15) is 4.98 Å². The van der Waals surface area contributed by atoms with Crippen LogP contribution in [0, 0.1) is 6.92 Å². The van der Waals surface area contributed by atoms with Crippen molar-refractivity contribution in [3.05, 3.63) is 77.7 Å². The number of aromatic nitrogens is 5. The van der Waals surface area contributed by atoms with E-state index in [4.69, 9.17) is 24.0 Å². The summed E-state index contributed by atoms with van der Waals surface area (Å²) in [6.07, 6.45) is 3.89.